The molecular formula is C18H21NO5S. The van der Waals surface area contributed by atoms with Gasteiger partial charge in [0, 0.05) is 0 Å². The van der Waals surface area contributed by atoms with Crippen LogP contribution in [0.25, 0.3) is 0 Å². The molecule has 25 heavy (non-hydrogen) atoms. The first-order chi connectivity index (χ1) is 11.9. The van der Waals surface area contributed by atoms with Gasteiger partial charge in [0.1, 0.15) is 18.5 Å². The van der Waals surface area contributed by atoms with Gasteiger partial charge in [0.25, 0.3) is 0 Å². The van der Waals surface area contributed by atoms with Crippen LogP contribution in [0, 0.1) is 13.8 Å². The van der Waals surface area contributed by atoms with Crippen LogP contribution in [0.3, 0.4) is 0 Å². The lowest BCUT2D eigenvalue weighted by Crippen LogP contribution is -2.41. The van der Waals surface area contributed by atoms with Crippen molar-refractivity contribution in [2.45, 2.75) is 24.8 Å². The minimum Gasteiger partial charge on any atom is -0.497 e. The third-order valence-electron chi connectivity index (χ3n) is 4.01. The highest BCUT2D eigenvalue weighted by molar-refractivity contribution is 7.89. The Morgan fingerprint density at radius 3 is 2.44 bits per heavy atom. The van der Waals surface area contributed by atoms with E-state index in [1.807, 2.05) is 18.2 Å². The average molecular weight is 363 g/mol. The van der Waals surface area contributed by atoms with Gasteiger partial charge in [-0.15, -0.1) is 0 Å². The van der Waals surface area contributed by atoms with Crippen molar-refractivity contribution in [3.8, 4) is 17.2 Å². The van der Waals surface area contributed by atoms with Gasteiger partial charge in [-0.25, -0.2) is 13.1 Å². The summed E-state index contributed by atoms with van der Waals surface area (Å²) in [6.07, 6.45) is -0.386. The molecular weight excluding hydrogens is 342 g/mol. The third kappa shape index (κ3) is 3.72. The van der Waals surface area contributed by atoms with E-state index in [4.69, 9.17) is 14.2 Å². The molecule has 1 N–H and O–H groups in total. The Hall–Kier alpha value is -2.25. The van der Waals surface area contributed by atoms with Crippen molar-refractivity contribution >= 4 is 10.0 Å². The second kappa shape index (κ2) is 6.93. The molecule has 0 spiro atoms. The third-order valence-corrected chi connectivity index (χ3v) is 5.73. The van der Waals surface area contributed by atoms with Gasteiger partial charge < -0.3 is 14.2 Å². The van der Waals surface area contributed by atoms with Gasteiger partial charge in [0.05, 0.1) is 18.6 Å². The van der Waals surface area contributed by atoms with Crippen molar-refractivity contribution in [2.75, 3.05) is 20.3 Å². The number of benzene rings is 2. The molecule has 0 amide bonds. The summed E-state index contributed by atoms with van der Waals surface area (Å²) in [6.45, 7) is 3.92. The van der Waals surface area contributed by atoms with Crippen LogP contribution in [-0.4, -0.2) is 34.8 Å². The molecule has 3 rings (SSSR count). The van der Waals surface area contributed by atoms with Crippen molar-refractivity contribution < 1.29 is 22.6 Å². The predicted octanol–water partition coefficient (Wildman–Crippen LogP) is 2.43. The number of fused-ring (bicyclic) bond motifs is 1. The number of ether oxygens (including phenoxy) is 3. The number of sulfonamides is 1. The smallest absolute Gasteiger partial charge is 0.241 e. The summed E-state index contributed by atoms with van der Waals surface area (Å²) in [7, 11) is -2.11. The van der Waals surface area contributed by atoms with Crippen LogP contribution >= 0.6 is 0 Å². The van der Waals surface area contributed by atoms with E-state index in [0.29, 0.717) is 35.0 Å². The molecule has 6 nitrogen and oxygen atoms in total. The molecule has 0 aromatic heterocycles. The van der Waals surface area contributed by atoms with Crippen molar-refractivity contribution in [2.24, 2.45) is 0 Å². The molecule has 1 heterocycles. The first kappa shape index (κ1) is 17.6. The van der Waals surface area contributed by atoms with Gasteiger partial charge in [-0.3, -0.25) is 0 Å². The Kier molecular flexibility index (Phi) is 4.87. The lowest BCUT2D eigenvalue weighted by atomic mass is 10.1. The number of nitrogens with one attached hydrogen (secondary N) is 1. The number of hydrogen-bond donors (Lipinski definition) is 1. The topological polar surface area (TPSA) is 73.9 Å². The number of rotatable bonds is 5. The average Bonchev–Trinajstić information content (AvgIpc) is 2.59. The monoisotopic (exact) mass is 363 g/mol. The summed E-state index contributed by atoms with van der Waals surface area (Å²) in [5, 5.41) is 0. The highest BCUT2D eigenvalue weighted by Gasteiger charge is 2.25. The molecule has 0 saturated carbocycles. The van der Waals surface area contributed by atoms with Crippen LogP contribution in [-0.2, 0) is 10.0 Å². The summed E-state index contributed by atoms with van der Waals surface area (Å²) >= 11 is 0. The molecule has 1 unspecified atom stereocenters. The van der Waals surface area contributed by atoms with Crippen molar-refractivity contribution in [1.82, 2.24) is 4.72 Å². The number of hydrogen-bond acceptors (Lipinski definition) is 5. The highest BCUT2D eigenvalue weighted by Crippen LogP contribution is 2.31. The zero-order valence-electron chi connectivity index (χ0n) is 14.4. The minimum atomic E-state index is -3.66. The van der Waals surface area contributed by atoms with Crippen LogP contribution in [0.2, 0.25) is 0 Å². The van der Waals surface area contributed by atoms with E-state index in [2.05, 4.69) is 4.72 Å². The van der Waals surface area contributed by atoms with Crippen LogP contribution in [0.1, 0.15) is 11.1 Å². The van der Waals surface area contributed by atoms with Gasteiger partial charge in [-0.1, -0.05) is 12.1 Å². The Morgan fingerprint density at radius 1 is 1.16 bits per heavy atom. The zero-order chi connectivity index (χ0) is 18.0. The normalized spacial score (nSPS) is 16.5. The Labute approximate surface area is 147 Å². The van der Waals surface area contributed by atoms with Gasteiger partial charge in [0.2, 0.25) is 10.0 Å². The molecule has 2 aromatic carbocycles. The largest absolute Gasteiger partial charge is 0.497 e. The Morgan fingerprint density at radius 2 is 1.80 bits per heavy atom. The van der Waals surface area contributed by atoms with E-state index >= 15 is 0 Å². The van der Waals surface area contributed by atoms with Crippen molar-refractivity contribution in [1.29, 1.82) is 0 Å². The predicted molar refractivity (Wildman–Crippen MR) is 94.0 cm³/mol. The van der Waals surface area contributed by atoms with E-state index in [9.17, 15) is 8.42 Å². The summed E-state index contributed by atoms with van der Waals surface area (Å²) in [6, 6.07) is 10.7. The minimum absolute atomic E-state index is 0.127. The van der Waals surface area contributed by atoms with E-state index in [-0.39, 0.29) is 17.5 Å². The van der Waals surface area contributed by atoms with Crippen LogP contribution < -0.4 is 18.9 Å². The molecule has 0 radical (unpaired) electrons. The van der Waals surface area contributed by atoms with Gasteiger partial charge in [0.15, 0.2) is 11.5 Å². The fourth-order valence-electron chi connectivity index (χ4n) is 2.89. The maximum absolute atomic E-state index is 12.7. The van der Waals surface area contributed by atoms with E-state index in [0.717, 1.165) is 0 Å². The molecule has 0 saturated heterocycles. The number of methoxy groups -OCH3 is 1. The van der Waals surface area contributed by atoms with Gasteiger partial charge in [-0.2, -0.15) is 0 Å². The highest BCUT2D eigenvalue weighted by atomic mass is 32.2. The molecule has 7 heteroatoms. The van der Waals surface area contributed by atoms with E-state index < -0.39 is 10.0 Å². The quantitative estimate of drug-likeness (QED) is 0.883. The fourth-order valence-corrected chi connectivity index (χ4v) is 4.41. The second-order valence-corrected chi connectivity index (χ2v) is 7.64. The molecule has 0 fully saturated rings. The Bertz CT molecular complexity index is 856. The van der Waals surface area contributed by atoms with Crippen LogP contribution in [0.15, 0.2) is 41.3 Å². The maximum Gasteiger partial charge on any atom is 0.241 e. The first-order valence-electron chi connectivity index (χ1n) is 7.94. The first-order valence-corrected chi connectivity index (χ1v) is 9.42. The molecule has 0 aliphatic carbocycles. The summed E-state index contributed by atoms with van der Waals surface area (Å²) in [5.41, 5.74) is 1.27. The number of aryl methyl sites for hydroxylation is 2. The molecule has 134 valence electrons. The zero-order valence-corrected chi connectivity index (χ0v) is 15.2. The summed E-state index contributed by atoms with van der Waals surface area (Å²) < 4.78 is 44.6. The number of para-hydroxylation sites is 2. The van der Waals surface area contributed by atoms with Crippen molar-refractivity contribution in [3.05, 3.63) is 47.5 Å². The second-order valence-electron chi connectivity index (χ2n) is 5.94. The molecule has 2 aromatic rings. The lowest BCUT2D eigenvalue weighted by Gasteiger charge is -2.26. The summed E-state index contributed by atoms with van der Waals surface area (Å²) in [4.78, 5) is 0.269. The maximum atomic E-state index is 12.7. The van der Waals surface area contributed by atoms with Crippen LogP contribution in [0.5, 0.6) is 17.2 Å². The molecule has 1 aliphatic heterocycles. The van der Waals surface area contributed by atoms with Gasteiger partial charge >= 0.3 is 0 Å². The standard InChI is InChI=1S/C18H21NO5S/c1-12-8-14(22-3)9-13(2)18(12)25(20,21)19-10-15-11-23-16-6-4-5-7-17(16)24-15/h4-9,15,19H,10-11H2,1-3H3. The van der Waals surface area contributed by atoms with Gasteiger partial charge in [-0.05, 0) is 49.2 Å². The van der Waals surface area contributed by atoms with Crippen molar-refractivity contribution in [3.63, 3.8) is 0 Å². The molecule has 0 bridgehead atoms. The summed E-state index contributed by atoms with van der Waals surface area (Å²) in [5.74, 6) is 1.92. The molecule has 1 atom stereocenters. The lowest BCUT2D eigenvalue weighted by molar-refractivity contribution is 0.0943. The van der Waals surface area contributed by atoms with Crippen LogP contribution in [0.4, 0.5) is 0 Å². The molecule has 1 aliphatic rings. The SMILES string of the molecule is COc1cc(C)c(S(=O)(=O)NCC2COc3ccccc3O2)c(C)c1. The van der Waals surface area contributed by atoms with E-state index in [1.165, 1.54) is 0 Å². The fraction of sp³-hybridized carbons (Fsp3) is 0.333. The Balaban J connectivity index is 1.73. The van der Waals surface area contributed by atoms with E-state index in [1.54, 1.807) is 39.2 Å².